The Morgan fingerprint density at radius 2 is 1.58 bits per heavy atom. The van der Waals surface area contributed by atoms with Crippen molar-refractivity contribution >= 4 is 5.78 Å². The molecule has 0 atom stereocenters. The second-order valence-corrected chi connectivity index (χ2v) is 7.13. The summed E-state index contributed by atoms with van der Waals surface area (Å²) in [6.07, 6.45) is 5.24. The van der Waals surface area contributed by atoms with Gasteiger partial charge in [0, 0.05) is 24.2 Å². The van der Waals surface area contributed by atoms with E-state index < -0.39 is 0 Å². The van der Waals surface area contributed by atoms with E-state index in [2.05, 4.69) is 32.3 Å². The molecule has 2 aliphatic rings. The second-order valence-electron chi connectivity index (χ2n) is 7.13. The molecule has 1 N–H and O–H groups in total. The van der Waals surface area contributed by atoms with Gasteiger partial charge in [-0.1, -0.05) is 36.4 Å². The molecule has 31 heavy (non-hydrogen) atoms. The summed E-state index contributed by atoms with van der Waals surface area (Å²) in [7, 11) is 1.66. The zero-order valence-corrected chi connectivity index (χ0v) is 16.8. The van der Waals surface area contributed by atoms with Gasteiger partial charge in [-0.3, -0.25) is 9.89 Å². The average molecular weight is 409 g/mol. The van der Waals surface area contributed by atoms with Crippen LogP contribution in [0.25, 0.3) is 33.9 Å². The number of ether oxygens (including phenoxy) is 1. The lowest BCUT2D eigenvalue weighted by Crippen LogP contribution is -2.11. The van der Waals surface area contributed by atoms with Crippen LogP contribution in [0.4, 0.5) is 0 Å². The minimum Gasteiger partial charge on any atom is -0.497 e. The number of hydrogen-bond donors (Lipinski definition) is 1. The van der Waals surface area contributed by atoms with E-state index in [1.807, 2.05) is 54.9 Å². The van der Waals surface area contributed by atoms with Crippen LogP contribution in [0.2, 0.25) is 0 Å². The number of Topliss-reactive ketones (excluding diaryl/α,β-unsaturated/α-hetero) is 1. The lowest BCUT2D eigenvalue weighted by Gasteiger charge is -2.06. The van der Waals surface area contributed by atoms with E-state index in [1.165, 1.54) is 0 Å². The molecule has 0 saturated heterocycles. The molecule has 0 fully saturated rings. The molecule has 0 saturated carbocycles. The number of nitrogens with zero attached hydrogens (tertiary/aromatic N) is 4. The van der Waals surface area contributed by atoms with E-state index in [1.54, 1.807) is 23.9 Å². The molecule has 0 unspecified atom stereocenters. The number of rotatable bonds is 6. The fourth-order valence-corrected chi connectivity index (χ4v) is 3.44. The van der Waals surface area contributed by atoms with Gasteiger partial charge >= 0.3 is 0 Å². The lowest BCUT2D eigenvalue weighted by atomic mass is 10.0. The van der Waals surface area contributed by atoms with Crippen molar-refractivity contribution in [3.8, 4) is 39.7 Å². The summed E-state index contributed by atoms with van der Waals surface area (Å²) in [4.78, 5) is 21.6. The number of H-pyrrole nitrogens is 1. The quantitative estimate of drug-likeness (QED) is 0.422. The Labute approximate surface area is 178 Å². The van der Waals surface area contributed by atoms with Gasteiger partial charge in [-0.25, -0.2) is 9.97 Å². The molecule has 0 aliphatic carbocycles. The third kappa shape index (κ3) is 3.81. The van der Waals surface area contributed by atoms with Gasteiger partial charge < -0.3 is 9.30 Å². The number of aromatic nitrogens is 5. The van der Waals surface area contributed by atoms with Crippen LogP contribution in [0.1, 0.15) is 10.5 Å². The van der Waals surface area contributed by atoms with Gasteiger partial charge in [0.1, 0.15) is 17.1 Å². The van der Waals surface area contributed by atoms with Gasteiger partial charge in [-0.2, -0.15) is 5.10 Å². The molecule has 2 aromatic carbocycles. The Hall–Kier alpha value is -4.26. The molecule has 0 amide bonds. The maximum atomic E-state index is 12.3. The van der Waals surface area contributed by atoms with E-state index in [4.69, 9.17) is 4.74 Å². The normalized spacial score (nSPS) is 11.0. The summed E-state index contributed by atoms with van der Waals surface area (Å²) in [6.45, 7) is 0.205. The largest absolute Gasteiger partial charge is 0.497 e. The van der Waals surface area contributed by atoms with Gasteiger partial charge in [0.2, 0.25) is 0 Å². The number of carbonyl (C=O) groups excluding carboxylic acids is 1. The average Bonchev–Trinajstić information content (AvgIpc) is 3.49. The molecule has 0 radical (unpaired) electrons. The Bertz CT molecular complexity index is 1290. The number of nitrogens with one attached hydrogen (secondary N) is 1. The van der Waals surface area contributed by atoms with Crippen molar-refractivity contribution in [2.24, 2.45) is 0 Å². The van der Waals surface area contributed by atoms with Crippen LogP contribution >= 0.6 is 0 Å². The predicted molar refractivity (Wildman–Crippen MR) is 117 cm³/mol. The fourth-order valence-electron chi connectivity index (χ4n) is 3.44. The van der Waals surface area contributed by atoms with Crippen LogP contribution < -0.4 is 4.74 Å². The number of hydrogen-bond acceptors (Lipinski definition) is 5. The highest BCUT2D eigenvalue weighted by atomic mass is 16.5. The Morgan fingerprint density at radius 1 is 0.903 bits per heavy atom. The van der Waals surface area contributed by atoms with Crippen molar-refractivity contribution in [1.29, 1.82) is 0 Å². The van der Waals surface area contributed by atoms with Crippen LogP contribution in [-0.2, 0) is 6.54 Å². The Kier molecular flexibility index (Phi) is 4.76. The smallest absolute Gasteiger partial charge is 0.200 e. The first kappa shape index (κ1) is 18.7. The number of aromatic amines is 1. The molecule has 7 nitrogen and oxygen atoms in total. The third-order valence-electron chi connectivity index (χ3n) is 5.12. The number of imidazole rings is 1. The number of benzene rings is 2. The van der Waals surface area contributed by atoms with E-state index in [0.29, 0.717) is 11.5 Å². The topological polar surface area (TPSA) is 85.7 Å². The highest BCUT2D eigenvalue weighted by Gasteiger charge is 2.14. The maximum Gasteiger partial charge on any atom is 0.200 e. The number of ketones is 1. The van der Waals surface area contributed by atoms with Crippen molar-refractivity contribution < 1.29 is 9.53 Å². The van der Waals surface area contributed by atoms with Crippen LogP contribution in [0.5, 0.6) is 5.75 Å². The Balaban J connectivity index is 1.37. The molecule has 2 aliphatic heterocycles. The molecule has 1 aromatic heterocycles. The summed E-state index contributed by atoms with van der Waals surface area (Å²) < 4.78 is 7.02. The highest BCUT2D eigenvalue weighted by molar-refractivity contribution is 5.93. The van der Waals surface area contributed by atoms with E-state index in [9.17, 15) is 4.79 Å². The molecule has 0 bridgehead atoms. The van der Waals surface area contributed by atoms with Crippen LogP contribution in [-0.4, -0.2) is 37.6 Å². The number of fused-ring (bicyclic) bond motifs is 1. The van der Waals surface area contributed by atoms with Crippen LogP contribution in [0.3, 0.4) is 0 Å². The third-order valence-corrected chi connectivity index (χ3v) is 5.12. The predicted octanol–water partition coefficient (Wildman–Crippen LogP) is 4.33. The van der Waals surface area contributed by atoms with E-state index in [-0.39, 0.29) is 12.3 Å². The van der Waals surface area contributed by atoms with Gasteiger partial charge in [-0.15, -0.1) is 0 Å². The monoisotopic (exact) mass is 409 g/mol. The summed E-state index contributed by atoms with van der Waals surface area (Å²) in [6, 6.07) is 19.6. The minimum atomic E-state index is -0.0456. The van der Waals surface area contributed by atoms with Crippen molar-refractivity contribution in [2.75, 3.05) is 7.11 Å². The van der Waals surface area contributed by atoms with Gasteiger partial charge in [-0.05, 0) is 35.4 Å². The summed E-state index contributed by atoms with van der Waals surface area (Å²) in [5, 5.41) is 6.52. The van der Waals surface area contributed by atoms with E-state index in [0.717, 1.165) is 33.8 Å². The first-order valence-electron chi connectivity index (χ1n) is 9.80. The zero-order chi connectivity index (χ0) is 21.2. The first-order chi connectivity index (χ1) is 15.2. The fraction of sp³-hybridized carbons (Fsp3) is 0.0833. The van der Waals surface area contributed by atoms with Crippen LogP contribution in [0.15, 0.2) is 79.3 Å². The zero-order valence-electron chi connectivity index (χ0n) is 16.8. The lowest BCUT2D eigenvalue weighted by molar-refractivity contribution is 0.0967. The first-order valence-corrected chi connectivity index (χ1v) is 9.80. The van der Waals surface area contributed by atoms with Gasteiger partial charge in [0.25, 0.3) is 0 Å². The highest BCUT2D eigenvalue weighted by Crippen LogP contribution is 2.28. The van der Waals surface area contributed by atoms with Crippen LogP contribution in [0, 0.1) is 0 Å². The van der Waals surface area contributed by atoms with Crippen molar-refractivity contribution in [3.63, 3.8) is 0 Å². The molecule has 5 rings (SSSR count). The standard InChI is InChI=1S/C24H19N5O2/c1-31-19-8-6-17(7-9-19)16-2-4-18(5-3-16)24-26-20-11-13-29(14-22(20)27-24)15-23(30)21-10-12-25-28-21/h2-14H,15H2,1H3,(H,25,28). The maximum absolute atomic E-state index is 12.3. The van der Waals surface area contributed by atoms with E-state index >= 15 is 0 Å². The minimum absolute atomic E-state index is 0.0456. The number of methoxy groups -OCH3 is 1. The summed E-state index contributed by atoms with van der Waals surface area (Å²) in [5.74, 6) is 1.45. The molecule has 3 aromatic rings. The van der Waals surface area contributed by atoms with Gasteiger partial charge in [0.15, 0.2) is 11.6 Å². The summed E-state index contributed by atoms with van der Waals surface area (Å²) in [5.41, 5.74) is 5.18. The van der Waals surface area contributed by atoms with Crippen molar-refractivity contribution in [3.05, 3.63) is 84.9 Å². The SMILES string of the molecule is COc1ccc(-c2ccc(-c3nc4ccn(CC(=O)c5ccn[nH]5)cc-4n3)cc2)cc1. The Morgan fingerprint density at radius 3 is 2.26 bits per heavy atom. The van der Waals surface area contributed by atoms with Crippen molar-refractivity contribution in [2.45, 2.75) is 6.54 Å². The van der Waals surface area contributed by atoms with Crippen molar-refractivity contribution in [1.82, 2.24) is 24.7 Å². The molecule has 3 heterocycles. The number of pyridine rings is 1. The molecule has 7 heteroatoms. The molecule has 0 spiro atoms. The molecular formula is C24H19N5O2. The second kappa shape index (κ2) is 7.87. The number of carbonyl (C=O) groups is 1. The molecule has 152 valence electrons. The summed E-state index contributed by atoms with van der Waals surface area (Å²) >= 11 is 0. The molecular weight excluding hydrogens is 390 g/mol. The van der Waals surface area contributed by atoms with Gasteiger partial charge in [0.05, 0.1) is 19.3 Å².